The second kappa shape index (κ2) is 9.36. The van der Waals surface area contributed by atoms with Crippen molar-refractivity contribution < 1.29 is 0 Å². The molecule has 0 aliphatic heterocycles. The Hall–Kier alpha value is -5.78. The van der Waals surface area contributed by atoms with Gasteiger partial charge in [-0.05, 0) is 48.5 Å². The lowest BCUT2D eigenvalue weighted by Crippen LogP contribution is -1.97. The second-order valence-corrected chi connectivity index (χ2v) is 12.5. The molecule has 0 atom stereocenters. The molecule has 0 spiro atoms. The van der Waals surface area contributed by atoms with Gasteiger partial charge in [0.2, 0.25) is 0 Å². The molecule has 4 heterocycles. The van der Waals surface area contributed by atoms with Crippen LogP contribution in [-0.4, -0.2) is 19.1 Å². The molecule has 45 heavy (non-hydrogen) atoms. The third-order valence-corrected chi connectivity index (χ3v) is 10.2. The lowest BCUT2D eigenvalue weighted by molar-refractivity contribution is 1.15. The van der Waals surface area contributed by atoms with Crippen molar-refractivity contribution >= 4 is 75.3 Å². The van der Waals surface area contributed by atoms with E-state index in [0.29, 0.717) is 0 Å². The third-order valence-electron chi connectivity index (χ3n) is 9.03. The first-order valence-electron chi connectivity index (χ1n) is 15.1. The van der Waals surface area contributed by atoms with E-state index in [9.17, 15) is 0 Å². The van der Waals surface area contributed by atoms with E-state index in [2.05, 4.69) is 154 Å². The van der Waals surface area contributed by atoms with E-state index in [1.165, 1.54) is 53.7 Å². The SMILES string of the molecule is c1cc(-c2ncnc3c2sc2ccccc23)cc(-n2c3ccccc3c3ccc(-n4c5ccccc5c5ccccc54)cc32)c1. The highest BCUT2D eigenvalue weighted by Crippen LogP contribution is 2.40. The number of aromatic nitrogens is 4. The lowest BCUT2D eigenvalue weighted by Gasteiger charge is -2.12. The molecule has 4 aromatic heterocycles. The summed E-state index contributed by atoms with van der Waals surface area (Å²) in [5.41, 5.74) is 10.1. The first-order chi connectivity index (χ1) is 22.3. The molecule has 0 unspecified atom stereocenters. The van der Waals surface area contributed by atoms with Crippen molar-refractivity contribution in [3.63, 3.8) is 0 Å². The molecule has 210 valence electrons. The average molecular weight is 593 g/mol. The fourth-order valence-corrected chi connectivity index (χ4v) is 8.27. The van der Waals surface area contributed by atoms with Gasteiger partial charge < -0.3 is 9.13 Å². The zero-order valence-corrected chi connectivity index (χ0v) is 24.9. The van der Waals surface area contributed by atoms with Gasteiger partial charge in [-0.25, -0.2) is 9.97 Å². The molecule has 0 saturated heterocycles. The maximum absolute atomic E-state index is 4.81. The van der Waals surface area contributed by atoms with Gasteiger partial charge in [0.1, 0.15) is 6.33 Å². The number of para-hydroxylation sites is 3. The quantitative estimate of drug-likeness (QED) is 0.205. The summed E-state index contributed by atoms with van der Waals surface area (Å²) in [4.78, 5) is 9.49. The molecule has 10 aromatic rings. The van der Waals surface area contributed by atoms with Crippen LogP contribution in [0.3, 0.4) is 0 Å². The Bertz CT molecular complexity index is 2730. The zero-order chi connectivity index (χ0) is 29.5. The van der Waals surface area contributed by atoms with Gasteiger partial charge in [0, 0.05) is 48.6 Å². The molecular formula is C40H24N4S. The number of hydrogen-bond acceptors (Lipinski definition) is 3. The van der Waals surface area contributed by atoms with Crippen LogP contribution in [0.25, 0.3) is 86.5 Å². The van der Waals surface area contributed by atoms with Crippen LogP contribution in [0.1, 0.15) is 0 Å². The van der Waals surface area contributed by atoms with E-state index < -0.39 is 0 Å². The molecule has 0 aliphatic carbocycles. The Kier molecular flexibility index (Phi) is 5.12. The van der Waals surface area contributed by atoms with Gasteiger partial charge in [-0.3, -0.25) is 0 Å². The molecule has 6 aromatic carbocycles. The third kappa shape index (κ3) is 3.53. The Labute approximate surface area is 262 Å². The minimum atomic E-state index is 0.967. The van der Waals surface area contributed by atoms with Crippen molar-refractivity contribution in [1.29, 1.82) is 0 Å². The monoisotopic (exact) mass is 592 g/mol. The van der Waals surface area contributed by atoms with Gasteiger partial charge in [-0.15, -0.1) is 11.3 Å². The van der Waals surface area contributed by atoms with E-state index in [1.807, 2.05) is 0 Å². The van der Waals surface area contributed by atoms with E-state index in [-0.39, 0.29) is 0 Å². The van der Waals surface area contributed by atoms with Crippen molar-refractivity contribution in [2.45, 2.75) is 0 Å². The minimum absolute atomic E-state index is 0.967. The Balaban J connectivity index is 1.23. The van der Waals surface area contributed by atoms with Crippen molar-refractivity contribution in [3.05, 3.63) is 146 Å². The number of nitrogens with zero attached hydrogens (tertiary/aromatic N) is 4. The van der Waals surface area contributed by atoms with Crippen LogP contribution < -0.4 is 0 Å². The molecule has 0 fully saturated rings. The molecule has 0 aliphatic rings. The molecule has 10 rings (SSSR count). The molecular weight excluding hydrogens is 569 g/mol. The highest BCUT2D eigenvalue weighted by Gasteiger charge is 2.18. The first kappa shape index (κ1) is 24.6. The van der Waals surface area contributed by atoms with Crippen molar-refractivity contribution in [3.8, 4) is 22.6 Å². The topological polar surface area (TPSA) is 35.6 Å². The van der Waals surface area contributed by atoms with Gasteiger partial charge in [-0.2, -0.15) is 0 Å². The van der Waals surface area contributed by atoms with Crippen LogP contribution in [-0.2, 0) is 0 Å². The summed E-state index contributed by atoms with van der Waals surface area (Å²) in [6.07, 6.45) is 1.70. The van der Waals surface area contributed by atoms with Crippen LogP contribution in [0.15, 0.2) is 146 Å². The van der Waals surface area contributed by atoms with Crippen LogP contribution >= 0.6 is 11.3 Å². The van der Waals surface area contributed by atoms with Crippen LogP contribution in [0.5, 0.6) is 0 Å². The number of rotatable bonds is 3. The number of benzene rings is 6. The summed E-state index contributed by atoms with van der Waals surface area (Å²) in [5, 5.41) is 6.17. The molecule has 4 nitrogen and oxygen atoms in total. The highest BCUT2D eigenvalue weighted by molar-refractivity contribution is 7.26. The predicted molar refractivity (Wildman–Crippen MR) is 189 cm³/mol. The summed E-state index contributed by atoms with van der Waals surface area (Å²) in [6, 6.07) is 50.2. The highest BCUT2D eigenvalue weighted by atomic mass is 32.1. The predicted octanol–water partition coefficient (Wildman–Crippen LogP) is 10.7. The normalized spacial score (nSPS) is 12.0. The summed E-state index contributed by atoms with van der Waals surface area (Å²) < 4.78 is 7.13. The largest absolute Gasteiger partial charge is 0.309 e. The molecule has 0 N–H and O–H groups in total. The summed E-state index contributed by atoms with van der Waals surface area (Å²) in [5.74, 6) is 0. The number of thiophene rings is 1. The maximum atomic E-state index is 4.81. The molecule has 0 radical (unpaired) electrons. The Morgan fingerprint density at radius 3 is 1.73 bits per heavy atom. The van der Waals surface area contributed by atoms with Crippen molar-refractivity contribution in [1.82, 2.24) is 19.1 Å². The standard InChI is InChI=1S/C40H24N4S/c1-5-16-33-28(12-1)29-13-2-6-17-34(29)43(33)27-20-21-31-30-14-3-7-18-35(30)44(36(31)23-27)26-11-9-10-25(22-26)38-40-39(42-24-41-38)32-15-4-8-19-37(32)45-40/h1-24H. The zero-order valence-electron chi connectivity index (χ0n) is 24.1. The van der Waals surface area contributed by atoms with E-state index >= 15 is 0 Å². The summed E-state index contributed by atoms with van der Waals surface area (Å²) in [6.45, 7) is 0. The van der Waals surface area contributed by atoms with Crippen molar-refractivity contribution in [2.75, 3.05) is 0 Å². The second-order valence-electron chi connectivity index (χ2n) is 11.5. The van der Waals surface area contributed by atoms with E-state index in [1.54, 1.807) is 17.7 Å². The first-order valence-corrected chi connectivity index (χ1v) is 15.9. The fourth-order valence-electron chi connectivity index (χ4n) is 7.10. The van der Waals surface area contributed by atoms with Gasteiger partial charge >= 0.3 is 0 Å². The lowest BCUT2D eigenvalue weighted by atomic mass is 10.1. The van der Waals surface area contributed by atoms with Gasteiger partial charge in [0.05, 0.1) is 38.0 Å². The molecule has 5 heteroatoms. The Morgan fingerprint density at radius 1 is 0.444 bits per heavy atom. The summed E-state index contributed by atoms with van der Waals surface area (Å²) in [7, 11) is 0. The van der Waals surface area contributed by atoms with Gasteiger partial charge in [0.15, 0.2) is 0 Å². The number of fused-ring (bicyclic) bond motifs is 9. The van der Waals surface area contributed by atoms with Gasteiger partial charge in [-0.1, -0.05) is 91.0 Å². The van der Waals surface area contributed by atoms with E-state index in [0.717, 1.165) is 32.8 Å². The Morgan fingerprint density at radius 2 is 1.02 bits per heavy atom. The van der Waals surface area contributed by atoms with Crippen LogP contribution in [0.2, 0.25) is 0 Å². The molecule has 0 bridgehead atoms. The molecule has 0 saturated carbocycles. The average Bonchev–Trinajstić information content (AvgIpc) is 3.76. The van der Waals surface area contributed by atoms with Gasteiger partial charge in [0.25, 0.3) is 0 Å². The molecule has 0 amide bonds. The maximum Gasteiger partial charge on any atom is 0.116 e. The van der Waals surface area contributed by atoms with Crippen LogP contribution in [0, 0.1) is 0 Å². The minimum Gasteiger partial charge on any atom is -0.309 e. The summed E-state index contributed by atoms with van der Waals surface area (Å²) >= 11 is 1.76. The van der Waals surface area contributed by atoms with Crippen LogP contribution in [0.4, 0.5) is 0 Å². The van der Waals surface area contributed by atoms with Crippen molar-refractivity contribution in [2.24, 2.45) is 0 Å². The smallest absolute Gasteiger partial charge is 0.116 e. The fraction of sp³-hybridized carbons (Fsp3) is 0. The number of hydrogen-bond donors (Lipinski definition) is 0. The van der Waals surface area contributed by atoms with E-state index in [4.69, 9.17) is 4.98 Å².